The lowest BCUT2D eigenvalue weighted by Crippen LogP contribution is -2.23. The summed E-state index contributed by atoms with van der Waals surface area (Å²) < 4.78 is 1.06. The molecule has 0 aliphatic heterocycles. The summed E-state index contributed by atoms with van der Waals surface area (Å²) in [6.07, 6.45) is 8.12. The second kappa shape index (κ2) is 6.84. The van der Waals surface area contributed by atoms with Crippen LogP contribution < -0.4 is 5.32 Å². The number of hydrogen-bond acceptors (Lipinski definition) is 6. The van der Waals surface area contributed by atoms with E-state index in [2.05, 4.69) is 29.1 Å². The van der Waals surface area contributed by atoms with Gasteiger partial charge in [-0.3, -0.25) is 0 Å². The molecule has 4 rings (SSSR count). The monoisotopic (exact) mass is 356 g/mol. The lowest BCUT2D eigenvalue weighted by Gasteiger charge is -2.14. The Balaban J connectivity index is 1.93. The molecule has 132 valence electrons. The molecule has 0 bridgehead atoms. The van der Waals surface area contributed by atoms with Crippen molar-refractivity contribution >= 4 is 37.6 Å². The minimum atomic E-state index is 0.0117. The predicted octanol–water partition coefficient (Wildman–Crippen LogP) is 3.86. The number of aliphatic hydroxyl groups is 1. The van der Waals surface area contributed by atoms with E-state index in [1.54, 1.807) is 17.7 Å². The quantitative estimate of drug-likeness (QED) is 0.702. The Kier molecular flexibility index (Phi) is 4.56. The molecule has 6 heteroatoms. The number of hydrogen-bond donors (Lipinski definition) is 2. The van der Waals surface area contributed by atoms with Gasteiger partial charge >= 0.3 is 0 Å². The van der Waals surface area contributed by atoms with Gasteiger partial charge in [0.2, 0.25) is 0 Å². The number of fused-ring (bicyclic) bond motifs is 5. The number of aryl methyl sites for hydroxylation is 2. The minimum absolute atomic E-state index is 0.0117. The summed E-state index contributed by atoms with van der Waals surface area (Å²) >= 11 is 1.68. The van der Waals surface area contributed by atoms with Crippen molar-refractivity contribution in [1.82, 2.24) is 15.0 Å². The van der Waals surface area contributed by atoms with Crippen LogP contribution in [0.5, 0.6) is 0 Å². The van der Waals surface area contributed by atoms with E-state index >= 15 is 0 Å². The van der Waals surface area contributed by atoms with E-state index in [1.165, 1.54) is 28.6 Å². The Morgan fingerprint density at radius 1 is 1.24 bits per heavy atom. The Bertz CT molecular complexity index is 917. The van der Waals surface area contributed by atoms with Gasteiger partial charge in [-0.2, -0.15) is 0 Å². The summed E-state index contributed by atoms with van der Waals surface area (Å²) in [5.41, 5.74) is 5.21. The first-order valence-corrected chi connectivity index (χ1v) is 10.0. The Labute approximate surface area is 151 Å². The van der Waals surface area contributed by atoms with Crippen molar-refractivity contribution in [2.75, 3.05) is 11.9 Å². The molecule has 1 aliphatic carbocycles. The van der Waals surface area contributed by atoms with E-state index in [0.29, 0.717) is 0 Å². The van der Waals surface area contributed by atoms with Crippen LogP contribution in [-0.4, -0.2) is 32.7 Å². The van der Waals surface area contributed by atoms with Crippen molar-refractivity contribution < 1.29 is 5.11 Å². The highest BCUT2D eigenvalue weighted by Crippen LogP contribution is 2.41. The largest absolute Gasteiger partial charge is 0.394 e. The molecule has 0 radical (unpaired) electrons. The third kappa shape index (κ3) is 2.77. The van der Waals surface area contributed by atoms with Gasteiger partial charge in [-0.15, -0.1) is 11.3 Å². The number of nitrogens with zero attached hydrogens (tertiary/aromatic N) is 3. The number of pyridine rings is 1. The van der Waals surface area contributed by atoms with Crippen molar-refractivity contribution in [3.8, 4) is 0 Å². The molecule has 2 N–H and O–H groups in total. The smallest absolute Gasteiger partial charge is 0.147 e. The number of aromatic nitrogens is 3. The fourth-order valence-electron chi connectivity index (χ4n) is 3.79. The van der Waals surface area contributed by atoms with Crippen LogP contribution in [0, 0.1) is 0 Å². The summed E-state index contributed by atoms with van der Waals surface area (Å²) in [5, 5.41) is 14.1. The topological polar surface area (TPSA) is 70.9 Å². The van der Waals surface area contributed by atoms with E-state index < -0.39 is 0 Å². The van der Waals surface area contributed by atoms with E-state index in [1.807, 2.05) is 0 Å². The number of rotatable bonds is 6. The molecule has 0 saturated carbocycles. The van der Waals surface area contributed by atoms with Gasteiger partial charge in [-0.25, -0.2) is 15.0 Å². The lowest BCUT2D eigenvalue weighted by molar-refractivity contribution is 0.271. The van der Waals surface area contributed by atoms with Gasteiger partial charge in [0.15, 0.2) is 0 Å². The molecule has 5 nitrogen and oxygen atoms in total. The molecule has 3 aromatic heterocycles. The Morgan fingerprint density at radius 3 is 2.84 bits per heavy atom. The van der Waals surface area contributed by atoms with Gasteiger partial charge in [0.05, 0.1) is 22.9 Å². The maximum absolute atomic E-state index is 9.51. The standard InChI is InChI=1S/C19H24N4OS/c1-3-6-14-12-7-5-8-13(12)15-16-17(25-19(15)23-14)18(21-10-20-16)22-11(4-2)9-24/h10-11,24H,3-9H2,1-2H3,(H,20,21,22). The molecule has 0 aromatic carbocycles. The van der Waals surface area contributed by atoms with Crippen molar-refractivity contribution in [1.29, 1.82) is 0 Å². The van der Waals surface area contributed by atoms with Crippen LogP contribution in [0.25, 0.3) is 20.4 Å². The number of aliphatic hydroxyl groups excluding tert-OH is 1. The Morgan fingerprint density at radius 2 is 2.08 bits per heavy atom. The van der Waals surface area contributed by atoms with Gasteiger partial charge in [-0.1, -0.05) is 20.3 Å². The summed E-state index contributed by atoms with van der Waals surface area (Å²) in [4.78, 5) is 15.1. The van der Waals surface area contributed by atoms with Crippen molar-refractivity contribution in [3.63, 3.8) is 0 Å². The first kappa shape index (κ1) is 16.7. The molecule has 0 spiro atoms. The lowest BCUT2D eigenvalue weighted by atomic mass is 10.0. The predicted molar refractivity (Wildman–Crippen MR) is 104 cm³/mol. The number of nitrogens with one attached hydrogen (secondary N) is 1. The molecule has 25 heavy (non-hydrogen) atoms. The maximum atomic E-state index is 9.51. The second-order valence-electron chi connectivity index (χ2n) is 6.73. The first-order valence-electron chi connectivity index (χ1n) is 9.22. The molecular weight excluding hydrogens is 332 g/mol. The average molecular weight is 356 g/mol. The van der Waals surface area contributed by atoms with E-state index in [-0.39, 0.29) is 12.6 Å². The van der Waals surface area contributed by atoms with Gasteiger partial charge < -0.3 is 10.4 Å². The maximum Gasteiger partial charge on any atom is 0.147 e. The van der Waals surface area contributed by atoms with Gasteiger partial charge in [0.1, 0.15) is 17.0 Å². The molecule has 1 aliphatic rings. The van der Waals surface area contributed by atoms with Crippen LogP contribution in [0.4, 0.5) is 5.82 Å². The molecule has 0 saturated heterocycles. The Hall–Kier alpha value is -1.79. The third-order valence-corrected chi connectivity index (χ3v) is 6.18. The zero-order valence-corrected chi connectivity index (χ0v) is 15.6. The van der Waals surface area contributed by atoms with Crippen LogP contribution in [0.3, 0.4) is 0 Å². The SMILES string of the molecule is CCCc1nc2sc3c(NC(CC)CO)ncnc3c2c2c1CCC2. The van der Waals surface area contributed by atoms with E-state index in [0.717, 1.165) is 53.0 Å². The highest BCUT2D eigenvalue weighted by atomic mass is 32.1. The van der Waals surface area contributed by atoms with Crippen LogP contribution in [0.1, 0.15) is 49.9 Å². The van der Waals surface area contributed by atoms with Crippen molar-refractivity contribution in [2.45, 2.75) is 58.4 Å². The first-order chi connectivity index (χ1) is 12.3. The highest BCUT2D eigenvalue weighted by molar-refractivity contribution is 7.26. The minimum Gasteiger partial charge on any atom is -0.394 e. The fourth-order valence-corrected chi connectivity index (χ4v) is 4.92. The van der Waals surface area contributed by atoms with Gasteiger partial charge in [0, 0.05) is 11.1 Å². The van der Waals surface area contributed by atoms with Gasteiger partial charge in [-0.05, 0) is 43.2 Å². The molecule has 3 heterocycles. The van der Waals surface area contributed by atoms with E-state index in [9.17, 15) is 5.11 Å². The zero-order chi connectivity index (χ0) is 17.4. The normalized spacial score (nSPS) is 15.0. The number of anilines is 1. The van der Waals surface area contributed by atoms with Gasteiger partial charge in [0.25, 0.3) is 0 Å². The molecule has 1 atom stereocenters. The van der Waals surface area contributed by atoms with Crippen LogP contribution in [0.15, 0.2) is 6.33 Å². The highest BCUT2D eigenvalue weighted by Gasteiger charge is 2.24. The zero-order valence-electron chi connectivity index (χ0n) is 14.8. The van der Waals surface area contributed by atoms with Crippen LogP contribution in [0.2, 0.25) is 0 Å². The molecular formula is C19H24N4OS. The summed E-state index contributed by atoms with van der Waals surface area (Å²) in [7, 11) is 0. The van der Waals surface area contributed by atoms with E-state index in [4.69, 9.17) is 4.98 Å². The summed E-state index contributed by atoms with van der Waals surface area (Å²) in [6, 6.07) is 0.0117. The molecule has 0 amide bonds. The third-order valence-electron chi connectivity index (χ3n) is 5.10. The van der Waals surface area contributed by atoms with Crippen LogP contribution in [-0.2, 0) is 19.3 Å². The summed E-state index contributed by atoms with van der Waals surface area (Å²) in [6.45, 7) is 4.37. The average Bonchev–Trinajstić information content (AvgIpc) is 3.24. The number of thiophene rings is 1. The van der Waals surface area contributed by atoms with Crippen molar-refractivity contribution in [2.24, 2.45) is 0 Å². The fraction of sp³-hybridized carbons (Fsp3) is 0.526. The molecule has 0 fully saturated rings. The van der Waals surface area contributed by atoms with Crippen molar-refractivity contribution in [3.05, 3.63) is 23.1 Å². The summed E-state index contributed by atoms with van der Waals surface area (Å²) in [5.74, 6) is 0.817. The molecule has 1 unspecified atom stereocenters. The van der Waals surface area contributed by atoms with Crippen LogP contribution >= 0.6 is 11.3 Å². The molecule has 3 aromatic rings. The second-order valence-corrected chi connectivity index (χ2v) is 7.73.